The molecule has 0 bridgehead atoms. The van der Waals surface area contributed by atoms with Gasteiger partial charge < -0.3 is 29.3 Å². The van der Waals surface area contributed by atoms with Gasteiger partial charge in [-0.3, -0.25) is 14.3 Å². The van der Waals surface area contributed by atoms with Crippen LogP contribution in [0.4, 0.5) is 13.2 Å². The summed E-state index contributed by atoms with van der Waals surface area (Å²) in [6.45, 7) is 0.611. The molecule has 0 atom stereocenters. The first-order chi connectivity index (χ1) is 24.1. The summed E-state index contributed by atoms with van der Waals surface area (Å²) in [5.74, 6) is 0.663. The highest BCUT2D eigenvalue weighted by Crippen LogP contribution is 2.35. The molecule has 4 heterocycles. The summed E-state index contributed by atoms with van der Waals surface area (Å²) in [6.07, 6.45) is -1.29. The molecule has 256 valence electrons. The minimum atomic E-state index is -4.79. The molecule has 6 aromatic rings. The van der Waals surface area contributed by atoms with Crippen molar-refractivity contribution in [2.75, 3.05) is 27.3 Å². The van der Waals surface area contributed by atoms with Crippen molar-refractivity contribution < 1.29 is 37.4 Å². The molecule has 0 radical (unpaired) electrons. The molecule has 7 rings (SSSR count). The minimum Gasteiger partial charge on any atom is -0.493 e. The molecule has 0 saturated carbocycles. The van der Waals surface area contributed by atoms with Crippen LogP contribution in [0, 0.1) is 0 Å². The lowest BCUT2D eigenvalue weighted by Crippen LogP contribution is -2.53. The van der Waals surface area contributed by atoms with E-state index in [-0.39, 0.29) is 23.2 Å². The number of hydrogen-bond donors (Lipinski definition) is 2. The van der Waals surface area contributed by atoms with Gasteiger partial charge in [0.05, 0.1) is 31.2 Å². The Morgan fingerprint density at radius 1 is 1.02 bits per heavy atom. The number of methoxy groups -OCH3 is 2. The number of carbonyl (C=O) groups is 1. The van der Waals surface area contributed by atoms with Crippen molar-refractivity contribution in [2.24, 2.45) is 5.16 Å². The van der Waals surface area contributed by atoms with Gasteiger partial charge in [-0.05, 0) is 47.5 Å². The number of alkyl halides is 3. The zero-order valence-electron chi connectivity index (χ0n) is 26.6. The number of halogens is 3. The van der Waals surface area contributed by atoms with Gasteiger partial charge in [-0.15, -0.1) is 13.2 Å². The number of fused-ring (bicyclic) bond motifs is 2. The number of benzene rings is 3. The van der Waals surface area contributed by atoms with Gasteiger partial charge in [0.15, 0.2) is 22.1 Å². The molecule has 1 aliphatic heterocycles. The lowest BCUT2D eigenvalue weighted by Gasteiger charge is -2.40. The van der Waals surface area contributed by atoms with Crippen LogP contribution in [-0.2, 0) is 5.75 Å². The average Bonchev–Trinajstić information content (AvgIpc) is 3.53. The Hall–Kier alpha value is -5.70. The van der Waals surface area contributed by atoms with E-state index in [4.69, 9.17) is 14.5 Å². The molecular weight excluding hydrogens is 673 g/mol. The lowest BCUT2D eigenvalue weighted by atomic mass is 10.1. The number of amides is 1. The van der Waals surface area contributed by atoms with Crippen LogP contribution in [0.1, 0.15) is 22.1 Å². The molecular formula is C35H29F3N6O5S. The van der Waals surface area contributed by atoms with Gasteiger partial charge in [0.1, 0.15) is 11.4 Å². The molecule has 2 N–H and O–H groups in total. The van der Waals surface area contributed by atoms with E-state index in [1.807, 2.05) is 36.4 Å². The fourth-order valence-corrected chi connectivity index (χ4v) is 6.92. The summed E-state index contributed by atoms with van der Waals surface area (Å²) in [7, 11) is 2.99. The summed E-state index contributed by atoms with van der Waals surface area (Å²) in [5, 5.41) is 15.9. The number of nitrogens with zero attached hydrogens (tertiary/aromatic N) is 5. The largest absolute Gasteiger partial charge is 0.573 e. The van der Waals surface area contributed by atoms with Crippen LogP contribution in [0.3, 0.4) is 0 Å². The lowest BCUT2D eigenvalue weighted by molar-refractivity contribution is -0.274. The third-order valence-electron chi connectivity index (χ3n) is 8.38. The highest BCUT2D eigenvalue weighted by molar-refractivity contribution is 7.98. The standard InChI is InChI=1S/C35H29F3N6O5S/c1-47-30-14-26-28(15-31(30)48-2)41-34(50-19-20-5-9-25(10-6-20)49-35(36,37)38)44(32(26)42-46)24-17-43(18-24)33(45)29-13-22-8-7-21(12-27(22)40-29)23-4-3-11-39-16-23/h3-16,24,40,46H,17-19H2,1-2H3. The second-order valence-electron chi connectivity index (χ2n) is 11.5. The minimum absolute atomic E-state index is 0.181. The normalized spacial score (nSPS) is 13.9. The van der Waals surface area contributed by atoms with Crippen molar-refractivity contribution in [1.29, 1.82) is 0 Å². The molecule has 3 aromatic heterocycles. The Kier molecular flexibility index (Phi) is 8.74. The topological polar surface area (TPSA) is 127 Å². The number of likely N-dealkylation sites (tertiary alicyclic amines) is 1. The van der Waals surface area contributed by atoms with Crippen molar-refractivity contribution in [3.8, 4) is 28.4 Å². The van der Waals surface area contributed by atoms with Crippen molar-refractivity contribution in [3.05, 3.63) is 102 Å². The first-order valence-corrected chi connectivity index (χ1v) is 16.3. The number of hydrogen-bond acceptors (Lipinski definition) is 9. The van der Waals surface area contributed by atoms with E-state index in [9.17, 15) is 23.2 Å². The molecule has 1 saturated heterocycles. The Labute approximate surface area is 286 Å². The monoisotopic (exact) mass is 702 g/mol. The second kappa shape index (κ2) is 13.3. The zero-order chi connectivity index (χ0) is 35.0. The van der Waals surface area contributed by atoms with Gasteiger partial charge in [0.25, 0.3) is 5.91 Å². The van der Waals surface area contributed by atoms with Crippen molar-refractivity contribution in [2.45, 2.75) is 23.3 Å². The predicted octanol–water partition coefficient (Wildman–Crippen LogP) is 6.77. The maximum atomic E-state index is 13.6. The molecule has 0 spiro atoms. The van der Waals surface area contributed by atoms with Crippen LogP contribution in [-0.4, -0.2) is 69.2 Å². The Morgan fingerprint density at radius 2 is 1.78 bits per heavy atom. The summed E-state index contributed by atoms with van der Waals surface area (Å²) < 4.78 is 54.7. The van der Waals surface area contributed by atoms with Crippen LogP contribution in [0.15, 0.2) is 95.5 Å². The van der Waals surface area contributed by atoms with E-state index in [1.54, 1.807) is 34.0 Å². The number of ether oxygens (including phenoxy) is 3. The smallest absolute Gasteiger partial charge is 0.493 e. The van der Waals surface area contributed by atoms with E-state index in [1.165, 1.54) is 50.2 Å². The van der Waals surface area contributed by atoms with Gasteiger partial charge in [0.2, 0.25) is 0 Å². The molecule has 1 aliphatic rings. The Bertz CT molecular complexity index is 2270. The Balaban J connectivity index is 1.17. The summed E-state index contributed by atoms with van der Waals surface area (Å²) in [4.78, 5) is 27.6. The second-order valence-corrected chi connectivity index (χ2v) is 12.4. The number of pyridine rings is 1. The number of nitrogens with one attached hydrogen (secondary N) is 1. The summed E-state index contributed by atoms with van der Waals surface area (Å²) >= 11 is 1.30. The number of aromatic nitrogens is 4. The third kappa shape index (κ3) is 6.51. The highest BCUT2D eigenvalue weighted by atomic mass is 32.2. The van der Waals surface area contributed by atoms with Crippen LogP contribution in [0.5, 0.6) is 17.2 Å². The van der Waals surface area contributed by atoms with E-state index in [0.717, 1.165) is 22.0 Å². The highest BCUT2D eigenvalue weighted by Gasteiger charge is 2.36. The maximum absolute atomic E-state index is 13.6. The molecule has 1 amide bonds. The first kappa shape index (κ1) is 32.8. The van der Waals surface area contributed by atoms with Crippen molar-refractivity contribution >= 4 is 39.5 Å². The van der Waals surface area contributed by atoms with Gasteiger partial charge >= 0.3 is 6.36 Å². The zero-order valence-corrected chi connectivity index (χ0v) is 27.5. The van der Waals surface area contributed by atoms with Crippen LogP contribution >= 0.6 is 11.8 Å². The van der Waals surface area contributed by atoms with E-state index in [2.05, 4.69) is 19.9 Å². The SMILES string of the molecule is COc1cc2nc(SCc3ccc(OC(F)(F)F)cc3)n(C3CN(C(=O)c4cc5ccc(-c6cccnc6)cc5[nH]4)C3)c(=NO)c2cc1OC. The van der Waals surface area contributed by atoms with Crippen molar-refractivity contribution in [3.63, 3.8) is 0 Å². The van der Waals surface area contributed by atoms with Gasteiger partial charge in [-0.1, -0.05) is 47.2 Å². The van der Waals surface area contributed by atoms with E-state index in [0.29, 0.717) is 57.7 Å². The fourth-order valence-electron chi connectivity index (χ4n) is 5.90. The van der Waals surface area contributed by atoms with Crippen LogP contribution < -0.4 is 19.7 Å². The molecule has 3 aromatic carbocycles. The van der Waals surface area contributed by atoms with Gasteiger partial charge in [0, 0.05) is 53.8 Å². The quantitative estimate of drug-likeness (QED) is 0.0732. The molecule has 15 heteroatoms. The summed E-state index contributed by atoms with van der Waals surface area (Å²) in [5.41, 5.74) is 4.59. The number of thioether (sulfide) groups is 1. The van der Waals surface area contributed by atoms with Gasteiger partial charge in [-0.25, -0.2) is 4.98 Å². The molecule has 1 fully saturated rings. The third-order valence-corrected chi connectivity index (χ3v) is 9.40. The number of carbonyl (C=O) groups excluding carboxylic acids is 1. The van der Waals surface area contributed by atoms with Crippen LogP contribution in [0.2, 0.25) is 0 Å². The summed E-state index contributed by atoms with van der Waals surface area (Å²) in [6, 6.07) is 20.2. The molecule has 0 aliphatic carbocycles. The predicted molar refractivity (Wildman–Crippen MR) is 179 cm³/mol. The van der Waals surface area contributed by atoms with Crippen molar-refractivity contribution in [1.82, 2.24) is 24.4 Å². The van der Waals surface area contributed by atoms with E-state index < -0.39 is 6.36 Å². The average molecular weight is 703 g/mol. The first-order valence-electron chi connectivity index (χ1n) is 15.3. The fraction of sp³-hybridized carbons (Fsp3) is 0.200. The maximum Gasteiger partial charge on any atom is 0.573 e. The van der Waals surface area contributed by atoms with Gasteiger partial charge in [-0.2, -0.15) is 0 Å². The molecule has 50 heavy (non-hydrogen) atoms. The number of H-pyrrole nitrogens is 1. The number of aromatic amines is 1. The molecule has 11 nitrogen and oxygen atoms in total. The van der Waals surface area contributed by atoms with Crippen LogP contribution in [0.25, 0.3) is 32.9 Å². The Morgan fingerprint density at radius 3 is 2.46 bits per heavy atom. The molecule has 0 unspecified atom stereocenters. The number of rotatable bonds is 9. The van der Waals surface area contributed by atoms with E-state index >= 15 is 0 Å².